The molecule has 1 amide bonds. The van der Waals surface area contributed by atoms with Crippen molar-refractivity contribution in [3.05, 3.63) is 52.0 Å². The Bertz CT molecular complexity index is 642. The van der Waals surface area contributed by atoms with Gasteiger partial charge in [0.1, 0.15) is 5.01 Å². The maximum atomic E-state index is 12.3. The quantitative estimate of drug-likeness (QED) is 0.817. The Hall–Kier alpha value is -2.25. The fourth-order valence-electron chi connectivity index (χ4n) is 1.86. The summed E-state index contributed by atoms with van der Waals surface area (Å²) in [6.07, 6.45) is -0.690. The Kier molecular flexibility index (Phi) is 5.62. The molecule has 22 heavy (non-hydrogen) atoms. The van der Waals surface area contributed by atoms with Gasteiger partial charge in [0.15, 0.2) is 11.8 Å². The predicted octanol–water partition coefficient (Wildman–Crippen LogP) is 2.24. The smallest absolute Gasteiger partial charge is 0.355 e. The molecule has 0 saturated heterocycles. The zero-order valence-electron chi connectivity index (χ0n) is 12.0. The summed E-state index contributed by atoms with van der Waals surface area (Å²) in [4.78, 5) is 27.0. The van der Waals surface area contributed by atoms with Gasteiger partial charge in [0, 0.05) is 12.0 Å². The summed E-state index contributed by atoms with van der Waals surface area (Å²) in [6, 6.07) is 9.20. The maximum Gasteiger partial charge on any atom is 0.355 e. The van der Waals surface area contributed by atoms with Gasteiger partial charge in [-0.15, -0.1) is 11.3 Å². The van der Waals surface area contributed by atoms with Crippen molar-refractivity contribution in [3.8, 4) is 0 Å². The van der Waals surface area contributed by atoms with Crippen LogP contribution in [-0.4, -0.2) is 28.6 Å². The van der Waals surface area contributed by atoms with Gasteiger partial charge in [-0.25, -0.2) is 9.78 Å². The first kappa shape index (κ1) is 16.1. The van der Waals surface area contributed by atoms with E-state index in [4.69, 9.17) is 9.84 Å². The summed E-state index contributed by atoms with van der Waals surface area (Å²) in [7, 11) is 0. The standard InChI is InChI=1S/C15H16N2O4S/c1-2-21-13(10-6-4-3-5-7-10)14(18)16-8-12-17-11(9-22-12)15(19)20/h3-7,9,13H,2,8H2,1H3,(H,16,18)(H,19,20). The van der Waals surface area contributed by atoms with Crippen LogP contribution in [-0.2, 0) is 16.1 Å². The van der Waals surface area contributed by atoms with Crippen molar-refractivity contribution in [1.29, 1.82) is 0 Å². The number of nitrogens with zero attached hydrogens (tertiary/aromatic N) is 1. The molecule has 1 aromatic carbocycles. The molecular weight excluding hydrogens is 304 g/mol. The Morgan fingerprint density at radius 1 is 1.36 bits per heavy atom. The van der Waals surface area contributed by atoms with Crippen molar-refractivity contribution in [3.63, 3.8) is 0 Å². The molecular formula is C15H16N2O4S. The lowest BCUT2D eigenvalue weighted by Crippen LogP contribution is -2.30. The highest BCUT2D eigenvalue weighted by atomic mass is 32.1. The Balaban J connectivity index is 2.00. The van der Waals surface area contributed by atoms with Gasteiger partial charge in [-0.2, -0.15) is 0 Å². The average Bonchev–Trinajstić information content (AvgIpc) is 3.00. The molecule has 1 aromatic heterocycles. The van der Waals surface area contributed by atoms with Gasteiger partial charge in [0.05, 0.1) is 6.54 Å². The molecule has 0 saturated carbocycles. The van der Waals surface area contributed by atoms with Crippen LogP contribution in [0.15, 0.2) is 35.7 Å². The second-order valence-corrected chi connectivity index (χ2v) is 5.34. The molecule has 0 aliphatic carbocycles. The molecule has 0 aliphatic rings. The molecule has 0 radical (unpaired) electrons. The van der Waals surface area contributed by atoms with Crippen molar-refractivity contribution in [2.75, 3.05) is 6.61 Å². The monoisotopic (exact) mass is 320 g/mol. The van der Waals surface area contributed by atoms with Gasteiger partial charge in [-0.05, 0) is 12.5 Å². The number of carboxylic acid groups (broad SMARTS) is 1. The zero-order valence-corrected chi connectivity index (χ0v) is 12.8. The number of aromatic carboxylic acids is 1. The van der Waals surface area contributed by atoms with Crippen LogP contribution < -0.4 is 5.32 Å². The number of benzene rings is 1. The van der Waals surface area contributed by atoms with E-state index in [0.29, 0.717) is 11.6 Å². The zero-order chi connectivity index (χ0) is 15.9. The SMILES string of the molecule is CCOC(C(=O)NCc1nc(C(=O)O)cs1)c1ccccc1. The van der Waals surface area contributed by atoms with Gasteiger partial charge in [0.2, 0.25) is 0 Å². The third-order valence-electron chi connectivity index (χ3n) is 2.86. The van der Waals surface area contributed by atoms with Crippen LogP contribution in [0.4, 0.5) is 0 Å². The molecule has 2 aromatic rings. The van der Waals surface area contributed by atoms with E-state index in [9.17, 15) is 9.59 Å². The number of amides is 1. The molecule has 0 bridgehead atoms. The highest BCUT2D eigenvalue weighted by molar-refractivity contribution is 7.09. The second kappa shape index (κ2) is 7.67. The largest absolute Gasteiger partial charge is 0.476 e. The van der Waals surface area contributed by atoms with Gasteiger partial charge in [0.25, 0.3) is 5.91 Å². The molecule has 1 heterocycles. The van der Waals surface area contributed by atoms with Crippen LogP contribution in [0.25, 0.3) is 0 Å². The summed E-state index contributed by atoms with van der Waals surface area (Å²) in [5.74, 6) is -1.36. The summed E-state index contributed by atoms with van der Waals surface area (Å²) >= 11 is 1.19. The van der Waals surface area contributed by atoms with Crippen molar-refractivity contribution >= 4 is 23.2 Å². The van der Waals surface area contributed by atoms with Gasteiger partial charge >= 0.3 is 5.97 Å². The normalized spacial score (nSPS) is 11.9. The Morgan fingerprint density at radius 2 is 2.09 bits per heavy atom. The molecule has 116 valence electrons. The first-order valence-corrected chi connectivity index (χ1v) is 7.61. The number of carbonyl (C=O) groups excluding carboxylic acids is 1. The first-order valence-electron chi connectivity index (χ1n) is 6.73. The molecule has 0 fully saturated rings. The van der Waals surface area contributed by atoms with Gasteiger partial charge in [-0.3, -0.25) is 4.79 Å². The molecule has 0 aliphatic heterocycles. The molecule has 2 rings (SSSR count). The number of rotatable bonds is 7. The minimum absolute atomic E-state index is 0.0151. The van der Waals surface area contributed by atoms with Crippen molar-refractivity contribution in [2.24, 2.45) is 0 Å². The van der Waals surface area contributed by atoms with Crippen LogP contribution in [0.1, 0.15) is 34.1 Å². The molecule has 6 nitrogen and oxygen atoms in total. The van der Waals surface area contributed by atoms with Gasteiger partial charge in [-0.1, -0.05) is 30.3 Å². The van der Waals surface area contributed by atoms with Crippen LogP contribution in [0.5, 0.6) is 0 Å². The van der Waals surface area contributed by atoms with Crippen LogP contribution in [0, 0.1) is 0 Å². The number of aromatic nitrogens is 1. The fraction of sp³-hybridized carbons (Fsp3) is 0.267. The summed E-state index contributed by atoms with van der Waals surface area (Å²) < 4.78 is 5.50. The van der Waals surface area contributed by atoms with E-state index in [1.807, 2.05) is 37.3 Å². The molecule has 1 atom stereocenters. The van der Waals surface area contributed by atoms with E-state index in [0.717, 1.165) is 5.56 Å². The van der Waals surface area contributed by atoms with Crippen molar-refractivity contribution < 1.29 is 19.4 Å². The maximum absolute atomic E-state index is 12.3. The second-order valence-electron chi connectivity index (χ2n) is 4.40. The summed E-state index contributed by atoms with van der Waals surface area (Å²) in [5.41, 5.74) is 0.755. The predicted molar refractivity (Wildman–Crippen MR) is 81.7 cm³/mol. The number of carboxylic acids is 1. The molecule has 1 unspecified atom stereocenters. The van der Waals surface area contributed by atoms with E-state index in [2.05, 4.69) is 10.3 Å². The molecule has 0 spiro atoms. The van der Waals surface area contributed by atoms with E-state index in [1.54, 1.807) is 0 Å². The van der Waals surface area contributed by atoms with E-state index < -0.39 is 12.1 Å². The number of ether oxygens (including phenoxy) is 1. The number of carbonyl (C=O) groups is 2. The number of nitrogens with one attached hydrogen (secondary N) is 1. The van der Waals surface area contributed by atoms with E-state index in [1.165, 1.54) is 16.7 Å². The van der Waals surface area contributed by atoms with Gasteiger partial charge < -0.3 is 15.2 Å². The molecule has 7 heteroatoms. The highest BCUT2D eigenvalue weighted by Gasteiger charge is 2.20. The number of hydrogen-bond donors (Lipinski definition) is 2. The minimum atomic E-state index is -1.08. The van der Waals surface area contributed by atoms with Crippen LogP contribution in [0.3, 0.4) is 0 Å². The van der Waals surface area contributed by atoms with Crippen LogP contribution >= 0.6 is 11.3 Å². The molecule has 2 N–H and O–H groups in total. The van der Waals surface area contributed by atoms with Crippen molar-refractivity contribution in [1.82, 2.24) is 10.3 Å². The Morgan fingerprint density at radius 3 is 2.68 bits per heavy atom. The third kappa shape index (κ3) is 4.12. The van der Waals surface area contributed by atoms with E-state index >= 15 is 0 Å². The summed E-state index contributed by atoms with van der Waals surface area (Å²) in [6.45, 7) is 2.41. The minimum Gasteiger partial charge on any atom is -0.476 e. The summed E-state index contributed by atoms with van der Waals surface area (Å²) in [5, 5.41) is 13.5. The fourth-order valence-corrected chi connectivity index (χ4v) is 2.57. The third-order valence-corrected chi connectivity index (χ3v) is 3.71. The number of thiazole rings is 1. The van der Waals surface area contributed by atoms with E-state index in [-0.39, 0.29) is 18.1 Å². The first-order chi connectivity index (χ1) is 10.6. The highest BCUT2D eigenvalue weighted by Crippen LogP contribution is 2.18. The Labute approximate surface area is 131 Å². The lowest BCUT2D eigenvalue weighted by atomic mass is 10.1. The topological polar surface area (TPSA) is 88.5 Å². The van der Waals surface area contributed by atoms with Crippen LogP contribution in [0.2, 0.25) is 0 Å². The lowest BCUT2D eigenvalue weighted by Gasteiger charge is -2.16. The average molecular weight is 320 g/mol. The van der Waals surface area contributed by atoms with Crippen molar-refractivity contribution in [2.45, 2.75) is 19.6 Å². The number of hydrogen-bond acceptors (Lipinski definition) is 5. The lowest BCUT2D eigenvalue weighted by molar-refractivity contribution is -0.133.